The molecule has 0 amide bonds. The number of phenolic OH excluding ortho intramolecular Hbond substituents is 2. The first kappa shape index (κ1) is 27.4. The number of rotatable bonds is 4. The van der Waals surface area contributed by atoms with E-state index in [1.54, 1.807) is 12.1 Å². The first-order chi connectivity index (χ1) is 21.3. The van der Waals surface area contributed by atoms with E-state index in [0.717, 1.165) is 49.6 Å². The van der Waals surface area contributed by atoms with Crippen LogP contribution in [0, 0.1) is 0 Å². The lowest BCUT2D eigenvalue weighted by atomic mass is 9.85. The monoisotopic (exact) mass is 572 g/mol. The third kappa shape index (κ3) is 4.84. The highest BCUT2D eigenvalue weighted by atomic mass is 16.3. The van der Waals surface area contributed by atoms with Gasteiger partial charge in [0, 0.05) is 21.9 Å². The molecule has 0 fully saturated rings. The van der Waals surface area contributed by atoms with Gasteiger partial charge in [-0.05, 0) is 69.6 Å². The highest BCUT2D eigenvalue weighted by Crippen LogP contribution is 2.42. The van der Waals surface area contributed by atoms with Crippen molar-refractivity contribution in [2.24, 2.45) is 0 Å². The van der Waals surface area contributed by atoms with Gasteiger partial charge in [-0.25, -0.2) is 9.97 Å². The van der Waals surface area contributed by atoms with Crippen LogP contribution in [0.1, 0.15) is 26.3 Å². The van der Waals surface area contributed by atoms with Gasteiger partial charge in [-0.1, -0.05) is 112 Å². The Balaban J connectivity index is 1.62. The molecule has 5 aromatic carbocycles. The molecule has 4 heteroatoms. The Morgan fingerprint density at radius 1 is 0.455 bits per heavy atom. The third-order valence-electron chi connectivity index (χ3n) is 8.25. The molecule has 0 aliphatic heterocycles. The van der Waals surface area contributed by atoms with Crippen molar-refractivity contribution >= 4 is 21.8 Å². The summed E-state index contributed by atoms with van der Waals surface area (Å²) < 4.78 is 0. The Kier molecular flexibility index (Phi) is 6.63. The van der Waals surface area contributed by atoms with Gasteiger partial charge in [-0.3, -0.25) is 0 Å². The molecule has 0 aliphatic rings. The van der Waals surface area contributed by atoms with Crippen LogP contribution in [0.15, 0.2) is 127 Å². The molecule has 2 aromatic heterocycles. The molecule has 0 saturated heterocycles. The molecule has 0 atom stereocenters. The minimum atomic E-state index is -0.104. The molecule has 0 bridgehead atoms. The number of hydrogen-bond acceptors (Lipinski definition) is 4. The Morgan fingerprint density at radius 3 is 1.45 bits per heavy atom. The minimum absolute atomic E-state index is 0.104. The fourth-order valence-corrected chi connectivity index (χ4v) is 5.86. The molecule has 44 heavy (non-hydrogen) atoms. The maximum atomic E-state index is 11.1. The van der Waals surface area contributed by atoms with Crippen molar-refractivity contribution in [3.05, 3.63) is 133 Å². The number of nitrogens with zero attached hydrogens (tertiary/aromatic N) is 2. The molecule has 2 N–H and O–H groups in total. The van der Waals surface area contributed by atoms with Crippen LogP contribution in [0.3, 0.4) is 0 Å². The highest BCUT2D eigenvalue weighted by molar-refractivity contribution is 6.13. The number of benzene rings is 5. The number of aromatic nitrogens is 2. The van der Waals surface area contributed by atoms with Crippen LogP contribution in [0.25, 0.3) is 66.6 Å². The molecule has 7 aromatic rings. The second-order valence-corrected chi connectivity index (χ2v) is 12.2. The van der Waals surface area contributed by atoms with Crippen molar-refractivity contribution in [1.29, 1.82) is 0 Å². The number of para-hydroxylation sites is 1. The van der Waals surface area contributed by atoms with Gasteiger partial charge < -0.3 is 10.2 Å². The molecule has 0 spiro atoms. The average molecular weight is 573 g/mol. The SMILES string of the molecule is CC(C)(C)c1ccc(O)c(-c2cc(-c3ccccc3)c3ccc4c(-c5ccccc5)cc(-c5ccccc5O)nc4c3n2)c1. The van der Waals surface area contributed by atoms with Crippen LogP contribution in [0.5, 0.6) is 11.5 Å². The van der Waals surface area contributed by atoms with E-state index in [9.17, 15) is 10.2 Å². The first-order valence-corrected chi connectivity index (χ1v) is 14.8. The summed E-state index contributed by atoms with van der Waals surface area (Å²) in [7, 11) is 0. The molecule has 7 rings (SSSR count). The van der Waals surface area contributed by atoms with Crippen molar-refractivity contribution < 1.29 is 10.2 Å². The fraction of sp³-hybridized carbons (Fsp3) is 0.100. The third-order valence-corrected chi connectivity index (χ3v) is 8.25. The lowest BCUT2D eigenvalue weighted by molar-refractivity contribution is 0.475. The molecule has 0 unspecified atom stereocenters. The zero-order chi connectivity index (χ0) is 30.4. The summed E-state index contributed by atoms with van der Waals surface area (Å²) in [4.78, 5) is 10.4. The van der Waals surface area contributed by atoms with E-state index in [-0.39, 0.29) is 16.9 Å². The van der Waals surface area contributed by atoms with Crippen molar-refractivity contribution in [1.82, 2.24) is 9.97 Å². The number of aromatic hydroxyl groups is 2. The quantitative estimate of drug-likeness (QED) is 0.206. The molecule has 2 heterocycles. The molecular formula is C40H32N2O2. The lowest BCUT2D eigenvalue weighted by Gasteiger charge is -2.21. The molecule has 4 nitrogen and oxygen atoms in total. The average Bonchev–Trinajstić information content (AvgIpc) is 3.04. The first-order valence-electron chi connectivity index (χ1n) is 14.8. The predicted octanol–water partition coefficient (Wildman–Crippen LogP) is 10.2. The largest absolute Gasteiger partial charge is 0.507 e. The van der Waals surface area contributed by atoms with Gasteiger partial charge in [0.1, 0.15) is 11.5 Å². The van der Waals surface area contributed by atoms with Gasteiger partial charge in [0.25, 0.3) is 0 Å². The van der Waals surface area contributed by atoms with Gasteiger partial charge in [0.05, 0.1) is 22.4 Å². The summed E-state index contributed by atoms with van der Waals surface area (Å²) in [6.45, 7) is 6.49. The zero-order valence-electron chi connectivity index (χ0n) is 24.9. The van der Waals surface area contributed by atoms with Crippen LogP contribution < -0.4 is 0 Å². The van der Waals surface area contributed by atoms with E-state index in [2.05, 4.69) is 63.2 Å². The van der Waals surface area contributed by atoms with Crippen LogP contribution >= 0.6 is 0 Å². The summed E-state index contributed by atoms with van der Waals surface area (Å²) in [5.41, 5.74) is 9.22. The van der Waals surface area contributed by atoms with E-state index < -0.39 is 0 Å². The lowest BCUT2D eigenvalue weighted by Crippen LogP contribution is -2.10. The summed E-state index contributed by atoms with van der Waals surface area (Å²) in [5.74, 6) is 0.345. The summed E-state index contributed by atoms with van der Waals surface area (Å²) in [5, 5.41) is 23.9. The van der Waals surface area contributed by atoms with Crippen molar-refractivity contribution in [3.8, 4) is 56.3 Å². The van der Waals surface area contributed by atoms with Gasteiger partial charge in [-0.15, -0.1) is 0 Å². The standard InChI is InChI=1S/C40H32N2O2/c1-40(2,3)27-18-21-37(44)33(22-27)35-24-32(26-14-8-5-9-15-26)29-20-19-28-31(25-12-6-4-7-13-25)23-34(41-38(28)39(29)42-35)30-16-10-11-17-36(30)43/h4-24,43-44H,1-3H3. The van der Waals surface area contributed by atoms with E-state index in [4.69, 9.17) is 9.97 Å². The Labute approximate surface area is 257 Å². The van der Waals surface area contributed by atoms with Gasteiger partial charge in [0.2, 0.25) is 0 Å². The molecule has 0 saturated carbocycles. The van der Waals surface area contributed by atoms with E-state index in [1.165, 1.54) is 0 Å². The maximum absolute atomic E-state index is 11.1. The van der Waals surface area contributed by atoms with Crippen molar-refractivity contribution in [3.63, 3.8) is 0 Å². The number of hydrogen-bond donors (Lipinski definition) is 2. The minimum Gasteiger partial charge on any atom is -0.507 e. The smallest absolute Gasteiger partial charge is 0.124 e. The number of pyridine rings is 2. The predicted molar refractivity (Wildman–Crippen MR) is 181 cm³/mol. The normalized spacial score (nSPS) is 11.7. The van der Waals surface area contributed by atoms with Gasteiger partial charge in [-0.2, -0.15) is 0 Å². The van der Waals surface area contributed by atoms with Crippen molar-refractivity contribution in [2.45, 2.75) is 26.2 Å². The fourth-order valence-electron chi connectivity index (χ4n) is 5.86. The second-order valence-electron chi connectivity index (χ2n) is 12.2. The molecule has 0 aliphatic carbocycles. The number of fused-ring (bicyclic) bond motifs is 3. The summed E-state index contributed by atoms with van der Waals surface area (Å²) in [6.07, 6.45) is 0. The van der Waals surface area contributed by atoms with E-state index in [0.29, 0.717) is 22.5 Å². The highest BCUT2D eigenvalue weighted by Gasteiger charge is 2.21. The Bertz CT molecular complexity index is 2170. The van der Waals surface area contributed by atoms with Gasteiger partial charge >= 0.3 is 0 Å². The Morgan fingerprint density at radius 2 is 0.932 bits per heavy atom. The Hall–Kier alpha value is -5.48. The van der Waals surface area contributed by atoms with Crippen LogP contribution in [0.2, 0.25) is 0 Å². The van der Waals surface area contributed by atoms with Crippen LogP contribution in [-0.4, -0.2) is 20.2 Å². The topological polar surface area (TPSA) is 66.2 Å². The van der Waals surface area contributed by atoms with Crippen LogP contribution in [-0.2, 0) is 5.41 Å². The summed E-state index contributed by atoms with van der Waals surface area (Å²) in [6, 6.07) is 41.9. The van der Waals surface area contributed by atoms with E-state index >= 15 is 0 Å². The summed E-state index contributed by atoms with van der Waals surface area (Å²) >= 11 is 0. The van der Waals surface area contributed by atoms with Crippen LogP contribution in [0.4, 0.5) is 0 Å². The zero-order valence-corrected chi connectivity index (χ0v) is 24.9. The number of phenols is 2. The molecule has 0 radical (unpaired) electrons. The maximum Gasteiger partial charge on any atom is 0.124 e. The molecule has 214 valence electrons. The van der Waals surface area contributed by atoms with E-state index in [1.807, 2.05) is 72.8 Å². The molecular weight excluding hydrogens is 540 g/mol. The van der Waals surface area contributed by atoms with Crippen molar-refractivity contribution in [2.75, 3.05) is 0 Å². The second kappa shape index (κ2) is 10.7. The van der Waals surface area contributed by atoms with Gasteiger partial charge in [0.15, 0.2) is 0 Å².